The van der Waals surface area contributed by atoms with Crippen LogP contribution in [0.4, 0.5) is 25.2 Å². The third-order valence-electron chi connectivity index (χ3n) is 0. The fourth-order valence-electron chi connectivity index (χ4n) is 0. The second-order valence-corrected chi connectivity index (χ2v) is 3.10. The third-order valence-corrected chi connectivity index (χ3v) is 0. The molecule has 0 fully saturated rings. The molecule has 6 nitrogen and oxygen atoms in total. The molecule has 0 aromatic carbocycles. The van der Waals surface area contributed by atoms with E-state index in [-0.39, 0.29) is 17.1 Å². The molecule has 0 heterocycles. The Hall–Kier alpha value is -1.28. The summed E-state index contributed by atoms with van der Waals surface area (Å²) in [5.74, 6) is 0. The summed E-state index contributed by atoms with van der Waals surface area (Å²) in [4.78, 5) is 0. The van der Waals surface area contributed by atoms with Crippen molar-refractivity contribution in [2.24, 2.45) is 0 Å². The van der Waals surface area contributed by atoms with Crippen LogP contribution in [0.25, 0.3) is 0 Å². The Labute approximate surface area is 125 Å². The molecule has 0 aliphatic heterocycles. The molecule has 0 amide bonds. The largest absolute Gasteiger partial charge is 0 e. The average molecular weight is 381 g/mol. The van der Waals surface area contributed by atoms with Gasteiger partial charge in [-0.3, -0.25) is 0 Å². The summed E-state index contributed by atoms with van der Waals surface area (Å²) < 4.78 is 96.7. The Morgan fingerprint density at radius 1 is 0.667 bits per heavy atom. The first-order valence-corrected chi connectivity index (χ1v) is 4.79. The van der Waals surface area contributed by atoms with Gasteiger partial charge in [-0.2, -0.15) is 5.26 Å². The van der Waals surface area contributed by atoms with E-state index >= 15 is 0 Å². The number of rotatable bonds is 0. The van der Waals surface area contributed by atoms with Gasteiger partial charge in [0, 0.05) is 24.0 Å². The van der Waals surface area contributed by atoms with Crippen LogP contribution in [-0.2, 0) is 40.3 Å². The molecular weight excluding hydrogens is 378 g/mol. The van der Waals surface area contributed by atoms with Crippen molar-refractivity contribution in [1.29, 1.82) is 5.26 Å². The molecule has 0 aromatic rings. The Balaban J connectivity index is -0.0000000174. The van der Waals surface area contributed by atoms with E-state index in [1.54, 1.807) is 6.07 Å². The summed E-state index contributed by atoms with van der Waals surface area (Å²) in [6.07, 6.45) is 0. The summed E-state index contributed by atoms with van der Waals surface area (Å²) in [6, 6.07) is 1.75. The minimum atomic E-state index is -10.7. The molecule has 0 atom stereocenters. The van der Waals surface area contributed by atoms with Crippen molar-refractivity contribution < 1.29 is 65.5 Å². The fraction of sp³-hybridized carbons (Fsp3) is 0.143. The van der Waals surface area contributed by atoms with E-state index in [1.165, 1.54) is 6.92 Å². The molecule has 0 unspecified atom stereocenters. The number of nitriles is 1. The zero-order valence-corrected chi connectivity index (χ0v) is 11.7. The molecule has 0 spiro atoms. The number of hydrogen-bond acceptors (Lipinski definition) is 1. The maximum Gasteiger partial charge on any atom is 0 e. The van der Waals surface area contributed by atoms with Gasteiger partial charge in [-0.05, 0) is 0 Å². The van der Waals surface area contributed by atoms with Gasteiger partial charge in [-0.1, -0.05) is 0 Å². The van der Waals surface area contributed by atoms with E-state index in [0.717, 1.165) is 0 Å². The maximum atomic E-state index is 9.87. The standard InChI is InChI=1S/C2H3N.5CO.F6P.Mn/c1-2-3;5*1-2;1-7(2,3,4,5)6;/h1H3;;;;;;;/q;;;;;;-1;. The molecule has 14 heteroatoms. The van der Waals surface area contributed by atoms with Crippen molar-refractivity contribution in [3.05, 3.63) is 33.3 Å². The molecule has 0 bridgehead atoms. The minimum absolute atomic E-state index is 0. The van der Waals surface area contributed by atoms with Gasteiger partial charge in [0.05, 0.1) is 6.07 Å². The van der Waals surface area contributed by atoms with Gasteiger partial charge >= 0.3 is 89.5 Å². The summed E-state index contributed by atoms with van der Waals surface area (Å²) in [6.45, 7) is 23.9. The van der Waals surface area contributed by atoms with E-state index in [4.69, 9.17) is 28.5 Å². The fourth-order valence-corrected chi connectivity index (χ4v) is 0. The second kappa shape index (κ2) is 27.1. The van der Waals surface area contributed by atoms with Gasteiger partial charge in [-0.15, -0.1) is 0 Å². The van der Waals surface area contributed by atoms with E-state index in [2.05, 4.69) is 33.3 Å². The van der Waals surface area contributed by atoms with E-state index in [1.807, 2.05) is 0 Å². The van der Waals surface area contributed by atoms with Crippen LogP contribution in [0.5, 0.6) is 0 Å². The van der Waals surface area contributed by atoms with Crippen molar-refractivity contribution in [2.75, 3.05) is 0 Å². The van der Waals surface area contributed by atoms with Crippen LogP contribution in [0.1, 0.15) is 6.92 Å². The second-order valence-electron chi connectivity index (χ2n) is 1.18. The average Bonchev–Trinajstić information content (AvgIpc) is 2.38. The number of hydrogen-bond donors (Lipinski definition) is 0. The summed E-state index contributed by atoms with van der Waals surface area (Å²) in [5, 5.41) is 7.32. The first-order valence-electron chi connectivity index (χ1n) is 2.76. The normalized spacial score (nSPS) is 8.57. The molecule has 0 rings (SSSR count). The quantitative estimate of drug-likeness (QED) is 0.205. The molecule has 21 heavy (non-hydrogen) atoms. The van der Waals surface area contributed by atoms with Crippen molar-refractivity contribution in [2.45, 2.75) is 6.92 Å². The Bertz CT molecular complexity index is 291. The Kier molecular flexibility index (Phi) is 65.0. The molecule has 0 saturated carbocycles. The smallest absolute Gasteiger partial charge is 0 e. The molecule has 0 aliphatic carbocycles. The zero-order chi connectivity index (χ0) is 19.1. The number of halogens is 6. The molecule has 1 radical (unpaired) electrons. The van der Waals surface area contributed by atoms with Crippen molar-refractivity contribution in [1.82, 2.24) is 0 Å². The summed E-state index contributed by atoms with van der Waals surface area (Å²) in [5.41, 5.74) is 0. The van der Waals surface area contributed by atoms with Crippen LogP contribution in [0.3, 0.4) is 0 Å². The van der Waals surface area contributed by atoms with Gasteiger partial charge in [0.25, 0.3) is 0 Å². The monoisotopic (exact) mass is 381 g/mol. The van der Waals surface area contributed by atoms with Gasteiger partial charge in [0.2, 0.25) is 0 Å². The van der Waals surface area contributed by atoms with Crippen LogP contribution >= 0.6 is 7.81 Å². The molecule has 0 N–H and O–H groups in total. The van der Waals surface area contributed by atoms with Crippen molar-refractivity contribution in [3.63, 3.8) is 0 Å². The zero-order valence-electron chi connectivity index (χ0n) is 9.58. The van der Waals surface area contributed by atoms with E-state index < -0.39 is 7.81 Å². The van der Waals surface area contributed by atoms with Crippen LogP contribution in [0.15, 0.2) is 0 Å². The first-order chi connectivity index (χ1) is 8.86. The van der Waals surface area contributed by atoms with Gasteiger partial charge in [0.15, 0.2) is 0 Å². The third kappa shape index (κ3) is 3190. The van der Waals surface area contributed by atoms with Crippen LogP contribution in [0, 0.1) is 44.6 Å². The summed E-state index contributed by atoms with van der Waals surface area (Å²) >= 11 is 0. The van der Waals surface area contributed by atoms with E-state index in [9.17, 15) is 25.2 Å². The van der Waals surface area contributed by atoms with Crippen LogP contribution in [0.2, 0.25) is 0 Å². The van der Waals surface area contributed by atoms with Crippen molar-refractivity contribution >= 4 is 7.81 Å². The van der Waals surface area contributed by atoms with Crippen LogP contribution in [-0.4, -0.2) is 0 Å². The van der Waals surface area contributed by atoms with E-state index in [0.29, 0.717) is 0 Å². The molecule has 121 valence electrons. The first kappa shape index (κ1) is 50.3. The maximum absolute atomic E-state index is 10.7. The molecule has 0 aliphatic rings. The van der Waals surface area contributed by atoms with Gasteiger partial charge in [-0.25, -0.2) is 0 Å². The molecular formula is C7H3F6MnNO5P-. The van der Waals surface area contributed by atoms with Gasteiger partial charge < -0.3 is 0 Å². The van der Waals surface area contributed by atoms with Crippen molar-refractivity contribution in [3.8, 4) is 6.07 Å². The molecule has 0 aromatic heterocycles. The SMILES string of the molecule is CC#N.F[P-](F)(F)(F)(F)F.[C-]#[O+].[C-]#[O+].[C-]#[O+].[C-]#[O+].[C-]#[O+].[Mn]. The Morgan fingerprint density at radius 2 is 0.667 bits per heavy atom. The predicted octanol–water partition coefficient (Wildman–Crippen LogP) is 3.72. The Morgan fingerprint density at radius 3 is 0.667 bits per heavy atom. The van der Waals surface area contributed by atoms with Crippen LogP contribution < -0.4 is 0 Å². The topological polar surface area (TPSA) is 123 Å². The number of nitrogens with zero attached hydrogens (tertiary/aromatic N) is 1. The predicted molar refractivity (Wildman–Crippen MR) is 44.5 cm³/mol. The minimum Gasteiger partial charge on any atom is 0 e. The van der Waals surface area contributed by atoms with Gasteiger partial charge in [0.1, 0.15) is 0 Å². The summed E-state index contributed by atoms with van der Waals surface area (Å²) in [7, 11) is -10.7. The molecule has 0 saturated heterocycles.